The van der Waals surface area contributed by atoms with E-state index < -0.39 is 0 Å². The van der Waals surface area contributed by atoms with Gasteiger partial charge < -0.3 is 9.32 Å². The molecule has 4 aromatic rings. The van der Waals surface area contributed by atoms with Crippen molar-refractivity contribution in [1.29, 1.82) is 0 Å². The molecule has 0 radical (unpaired) electrons. The number of carbonyl (C=O) groups excluding carboxylic acids is 1. The number of benzene rings is 1. The Labute approximate surface area is 195 Å². The molecule has 1 aromatic carbocycles. The van der Waals surface area contributed by atoms with Crippen molar-refractivity contribution in [2.45, 2.75) is 38.6 Å². The predicted molar refractivity (Wildman–Crippen MR) is 123 cm³/mol. The number of aromatic nitrogens is 3. The lowest BCUT2D eigenvalue weighted by Gasteiger charge is -2.33. The minimum atomic E-state index is -0.276. The van der Waals surface area contributed by atoms with Crippen molar-refractivity contribution in [2.75, 3.05) is 6.54 Å². The van der Waals surface area contributed by atoms with E-state index in [4.69, 9.17) is 4.42 Å². The summed E-state index contributed by atoms with van der Waals surface area (Å²) in [4.78, 5) is 29.4. The zero-order chi connectivity index (χ0) is 22.8. The molecule has 0 unspecified atom stereocenters. The summed E-state index contributed by atoms with van der Waals surface area (Å²) >= 11 is 1.54. The lowest BCUT2D eigenvalue weighted by atomic mass is 10.0. The van der Waals surface area contributed by atoms with E-state index in [1.807, 2.05) is 30.0 Å². The third-order valence-electron chi connectivity index (χ3n) is 5.88. The van der Waals surface area contributed by atoms with Crippen LogP contribution in [0, 0.1) is 12.7 Å². The van der Waals surface area contributed by atoms with E-state index in [0.29, 0.717) is 30.2 Å². The van der Waals surface area contributed by atoms with Crippen LogP contribution in [0.5, 0.6) is 0 Å². The van der Waals surface area contributed by atoms with Crippen molar-refractivity contribution in [3.05, 3.63) is 88.6 Å². The Hall–Kier alpha value is -3.39. The molecule has 1 saturated heterocycles. The largest absolute Gasteiger partial charge is 0.443 e. The fourth-order valence-electron chi connectivity index (χ4n) is 4.21. The Kier molecular flexibility index (Phi) is 6.00. The van der Waals surface area contributed by atoms with Gasteiger partial charge in [0.2, 0.25) is 5.89 Å². The summed E-state index contributed by atoms with van der Waals surface area (Å²) in [5.74, 6) is 0.824. The molecule has 0 bridgehead atoms. The maximum absolute atomic E-state index is 13.5. The lowest BCUT2D eigenvalue weighted by molar-refractivity contribution is 0.0569. The van der Waals surface area contributed by atoms with Crippen LogP contribution in [0.4, 0.5) is 4.39 Å². The summed E-state index contributed by atoms with van der Waals surface area (Å²) in [6.45, 7) is 2.59. The quantitative estimate of drug-likeness (QED) is 0.386. The van der Waals surface area contributed by atoms with E-state index in [0.717, 1.165) is 41.1 Å². The first-order chi connectivity index (χ1) is 16.1. The van der Waals surface area contributed by atoms with Gasteiger partial charge in [-0.1, -0.05) is 12.1 Å². The van der Waals surface area contributed by atoms with Gasteiger partial charge in [-0.15, -0.1) is 11.3 Å². The second kappa shape index (κ2) is 9.23. The summed E-state index contributed by atoms with van der Waals surface area (Å²) in [5, 5.41) is 0. The van der Waals surface area contributed by atoms with Crippen LogP contribution < -0.4 is 0 Å². The summed E-state index contributed by atoms with van der Waals surface area (Å²) in [5.41, 5.74) is 4.90. The van der Waals surface area contributed by atoms with Crippen molar-refractivity contribution >= 4 is 17.2 Å². The molecule has 33 heavy (non-hydrogen) atoms. The molecule has 1 atom stereocenters. The second-order valence-electron chi connectivity index (χ2n) is 8.18. The highest BCUT2D eigenvalue weighted by Gasteiger charge is 2.32. The molecule has 1 aliphatic rings. The topological polar surface area (TPSA) is 72.1 Å². The van der Waals surface area contributed by atoms with Crippen LogP contribution in [0.3, 0.4) is 0 Å². The minimum absolute atomic E-state index is 0.0790. The number of oxazole rings is 1. The van der Waals surface area contributed by atoms with Crippen molar-refractivity contribution in [1.82, 2.24) is 19.9 Å². The summed E-state index contributed by atoms with van der Waals surface area (Å²) in [6.07, 6.45) is 6.48. The van der Waals surface area contributed by atoms with Crippen molar-refractivity contribution in [3.8, 4) is 10.6 Å². The number of hydrogen-bond acceptors (Lipinski definition) is 6. The molecule has 1 aliphatic heterocycles. The number of piperidine rings is 1. The fraction of sp³-hybridized carbons (Fsp3) is 0.280. The normalized spacial score (nSPS) is 16.2. The molecule has 8 heteroatoms. The number of hydrogen-bond donors (Lipinski definition) is 0. The Balaban J connectivity index is 1.34. The predicted octanol–water partition coefficient (Wildman–Crippen LogP) is 5.60. The van der Waals surface area contributed by atoms with E-state index in [1.54, 1.807) is 24.0 Å². The molecule has 1 amide bonds. The Morgan fingerprint density at radius 3 is 2.85 bits per heavy atom. The standard InChI is InChI=1S/C25H23FN4O2S/c1-16-23(33-15-29-16)21-9-8-18(13-27-21)25(31)30-10-3-2-7-22(30)24-28-14-20(32-24)12-17-5-4-6-19(26)11-17/h4-6,8-9,11,13-15,22H,2-3,7,10,12H2,1H3/t22-/m1/s1. The highest BCUT2D eigenvalue weighted by molar-refractivity contribution is 7.13. The average molecular weight is 463 g/mol. The molecule has 0 spiro atoms. The monoisotopic (exact) mass is 462 g/mol. The highest BCUT2D eigenvalue weighted by atomic mass is 32.1. The van der Waals surface area contributed by atoms with Gasteiger partial charge in [0.05, 0.1) is 33.5 Å². The van der Waals surface area contributed by atoms with Crippen LogP contribution in [0.25, 0.3) is 10.6 Å². The van der Waals surface area contributed by atoms with Gasteiger partial charge in [0.25, 0.3) is 5.91 Å². The molecule has 168 valence electrons. The number of likely N-dealkylation sites (tertiary alicyclic amines) is 1. The molecular weight excluding hydrogens is 439 g/mol. The molecule has 0 saturated carbocycles. The molecule has 0 aliphatic carbocycles. The van der Waals surface area contributed by atoms with Crippen LogP contribution in [-0.4, -0.2) is 32.3 Å². The van der Waals surface area contributed by atoms with Gasteiger partial charge in [-0.25, -0.2) is 14.4 Å². The van der Waals surface area contributed by atoms with Gasteiger partial charge in [0.1, 0.15) is 17.6 Å². The Morgan fingerprint density at radius 1 is 1.18 bits per heavy atom. The summed E-state index contributed by atoms with van der Waals surface area (Å²) in [7, 11) is 0. The van der Waals surface area contributed by atoms with Crippen molar-refractivity contribution in [3.63, 3.8) is 0 Å². The van der Waals surface area contributed by atoms with E-state index in [9.17, 15) is 9.18 Å². The van der Waals surface area contributed by atoms with Crippen molar-refractivity contribution in [2.24, 2.45) is 0 Å². The maximum atomic E-state index is 13.5. The van der Waals surface area contributed by atoms with Gasteiger partial charge in [0.15, 0.2) is 0 Å². The summed E-state index contributed by atoms with van der Waals surface area (Å²) in [6, 6.07) is 9.90. The van der Waals surface area contributed by atoms with Crippen LogP contribution in [0.2, 0.25) is 0 Å². The number of pyridine rings is 1. The smallest absolute Gasteiger partial charge is 0.256 e. The molecule has 1 fully saturated rings. The fourth-order valence-corrected chi connectivity index (χ4v) is 4.99. The number of carbonyl (C=O) groups is 1. The van der Waals surface area contributed by atoms with Gasteiger partial charge in [-0.2, -0.15) is 0 Å². The lowest BCUT2D eigenvalue weighted by Crippen LogP contribution is -2.38. The number of aryl methyl sites for hydroxylation is 1. The molecular formula is C25H23FN4O2S. The Bertz CT molecular complexity index is 1270. The van der Waals surface area contributed by atoms with Crippen LogP contribution in [0.15, 0.2) is 58.7 Å². The van der Waals surface area contributed by atoms with E-state index >= 15 is 0 Å². The zero-order valence-corrected chi connectivity index (χ0v) is 19.0. The highest BCUT2D eigenvalue weighted by Crippen LogP contribution is 2.33. The van der Waals surface area contributed by atoms with Crippen LogP contribution in [-0.2, 0) is 6.42 Å². The molecule has 5 rings (SSSR count). The third-order valence-corrected chi connectivity index (χ3v) is 6.83. The second-order valence-corrected chi connectivity index (χ2v) is 9.04. The number of halogens is 1. The number of thiazole rings is 1. The number of amides is 1. The SMILES string of the molecule is Cc1ncsc1-c1ccc(C(=O)N2CCCC[C@@H]2c2ncc(Cc3cccc(F)c3)o2)cn1. The average Bonchev–Trinajstić information content (AvgIpc) is 3.48. The van der Waals surface area contributed by atoms with E-state index in [1.165, 1.54) is 23.5 Å². The number of rotatable bonds is 5. The molecule has 4 heterocycles. The van der Waals surface area contributed by atoms with E-state index in [-0.39, 0.29) is 17.8 Å². The Morgan fingerprint density at radius 2 is 2.09 bits per heavy atom. The zero-order valence-electron chi connectivity index (χ0n) is 18.2. The summed E-state index contributed by atoms with van der Waals surface area (Å²) < 4.78 is 19.5. The van der Waals surface area contributed by atoms with Gasteiger partial charge in [-0.05, 0) is 56.0 Å². The first-order valence-electron chi connectivity index (χ1n) is 10.9. The van der Waals surface area contributed by atoms with Crippen molar-refractivity contribution < 1.29 is 13.6 Å². The molecule has 0 N–H and O–H groups in total. The molecule has 6 nitrogen and oxygen atoms in total. The van der Waals surface area contributed by atoms with E-state index in [2.05, 4.69) is 15.0 Å². The minimum Gasteiger partial charge on any atom is -0.443 e. The maximum Gasteiger partial charge on any atom is 0.256 e. The van der Waals surface area contributed by atoms with Gasteiger partial charge in [-0.3, -0.25) is 9.78 Å². The third kappa shape index (κ3) is 4.57. The van der Waals surface area contributed by atoms with Gasteiger partial charge in [0, 0.05) is 19.2 Å². The number of nitrogens with zero attached hydrogens (tertiary/aromatic N) is 4. The molecule has 3 aromatic heterocycles. The van der Waals surface area contributed by atoms with Crippen LogP contribution in [0.1, 0.15) is 58.6 Å². The van der Waals surface area contributed by atoms with Crippen LogP contribution >= 0.6 is 11.3 Å². The first-order valence-corrected chi connectivity index (χ1v) is 11.8. The van der Waals surface area contributed by atoms with Gasteiger partial charge >= 0.3 is 0 Å². The first kappa shape index (κ1) is 21.5.